The number of para-hydroxylation sites is 1. The Bertz CT molecular complexity index is 1320. The van der Waals surface area contributed by atoms with Gasteiger partial charge >= 0.3 is 5.97 Å². The molecule has 3 N–H and O–H groups in total. The van der Waals surface area contributed by atoms with E-state index in [1.807, 2.05) is 50.2 Å². The largest absolute Gasteiger partial charge is 0.508 e. The Labute approximate surface area is 216 Å². The highest BCUT2D eigenvalue weighted by Crippen LogP contribution is 2.41. The minimum Gasteiger partial charge on any atom is -0.508 e. The minimum absolute atomic E-state index is 0.0464. The molecule has 1 atom stereocenters. The molecule has 0 unspecified atom stereocenters. The van der Waals surface area contributed by atoms with E-state index in [-0.39, 0.29) is 18.3 Å². The van der Waals surface area contributed by atoms with Crippen molar-refractivity contribution in [2.45, 2.75) is 45.6 Å². The number of phenolic OH excluding ortho intramolecular Hbond substituents is 1. The smallest absolute Gasteiger partial charge is 0.336 e. The second-order valence-corrected chi connectivity index (χ2v) is 9.08. The Balaban J connectivity index is 0.000000342. The molecule has 1 aromatic heterocycles. The molecular weight excluding hydrogens is 470 g/mol. The van der Waals surface area contributed by atoms with Crippen molar-refractivity contribution in [3.63, 3.8) is 0 Å². The van der Waals surface area contributed by atoms with Crippen LogP contribution in [0.3, 0.4) is 0 Å². The van der Waals surface area contributed by atoms with E-state index in [1.54, 1.807) is 31.6 Å². The SMILES string of the molecule is COc1ccccc1[C@H]1CC(=O)C2=C(C1)NC(C)=C(C(=O)OCc1ncc[nH]1)C2.Cc1cccc(O)c1. The zero-order valence-corrected chi connectivity index (χ0v) is 21.2. The third-order valence-electron chi connectivity index (χ3n) is 6.45. The number of benzene rings is 2. The maximum atomic E-state index is 12.9. The summed E-state index contributed by atoms with van der Waals surface area (Å²) in [5, 5.41) is 12.1. The van der Waals surface area contributed by atoms with E-state index in [0.29, 0.717) is 42.0 Å². The second kappa shape index (κ2) is 11.6. The summed E-state index contributed by atoms with van der Waals surface area (Å²) in [6.07, 6.45) is 4.67. The molecule has 2 heterocycles. The number of aromatic amines is 1. The van der Waals surface area contributed by atoms with Crippen LogP contribution in [0.1, 0.15) is 49.1 Å². The van der Waals surface area contributed by atoms with Gasteiger partial charge in [0.25, 0.3) is 0 Å². The standard InChI is InChI=1S/C22H23N3O4.C7H8O/c1-13-16(22(27)29-12-21-23-7-8-24-21)11-17-18(25-13)9-14(10-19(17)26)15-5-3-4-6-20(15)28-2;1-6-3-2-4-7(8)5-6/h3-8,14,25H,9-12H2,1-2H3,(H,23,24);2-5,8H,1H3/t14-;/m1./s1. The molecule has 0 saturated heterocycles. The summed E-state index contributed by atoms with van der Waals surface area (Å²) >= 11 is 0. The number of hydrogen-bond donors (Lipinski definition) is 3. The van der Waals surface area contributed by atoms with Crippen LogP contribution in [-0.2, 0) is 20.9 Å². The number of aromatic hydroxyl groups is 1. The van der Waals surface area contributed by atoms with E-state index >= 15 is 0 Å². The molecule has 0 fully saturated rings. The summed E-state index contributed by atoms with van der Waals surface area (Å²) in [7, 11) is 1.64. The Kier molecular flexibility index (Phi) is 8.08. The maximum absolute atomic E-state index is 12.9. The molecule has 37 heavy (non-hydrogen) atoms. The van der Waals surface area contributed by atoms with Gasteiger partial charge < -0.3 is 24.9 Å². The number of ether oxygens (including phenoxy) is 2. The quantitative estimate of drug-likeness (QED) is 0.429. The van der Waals surface area contributed by atoms with Crippen molar-refractivity contribution >= 4 is 11.8 Å². The van der Waals surface area contributed by atoms with E-state index < -0.39 is 5.97 Å². The maximum Gasteiger partial charge on any atom is 0.336 e. The molecule has 1 aliphatic carbocycles. The molecule has 1 aliphatic heterocycles. The molecule has 192 valence electrons. The second-order valence-electron chi connectivity index (χ2n) is 9.08. The average molecular weight is 502 g/mol. The van der Waals surface area contributed by atoms with E-state index in [4.69, 9.17) is 14.6 Å². The van der Waals surface area contributed by atoms with Crippen molar-refractivity contribution < 1.29 is 24.2 Å². The molecule has 5 rings (SSSR count). The molecule has 0 saturated carbocycles. The number of methoxy groups -OCH3 is 1. The van der Waals surface area contributed by atoms with Gasteiger partial charge in [0.15, 0.2) is 5.78 Å². The van der Waals surface area contributed by atoms with Crippen molar-refractivity contribution in [3.8, 4) is 11.5 Å². The summed E-state index contributed by atoms with van der Waals surface area (Å²) in [5.41, 5.74) is 4.89. The van der Waals surface area contributed by atoms with Crippen molar-refractivity contribution in [2.75, 3.05) is 7.11 Å². The van der Waals surface area contributed by atoms with Crippen LogP contribution in [0.5, 0.6) is 11.5 Å². The van der Waals surface area contributed by atoms with Crippen molar-refractivity contribution in [1.82, 2.24) is 15.3 Å². The van der Waals surface area contributed by atoms with Crippen LogP contribution in [0.2, 0.25) is 0 Å². The fourth-order valence-corrected chi connectivity index (χ4v) is 4.57. The van der Waals surface area contributed by atoms with E-state index in [0.717, 1.165) is 28.3 Å². The van der Waals surface area contributed by atoms with Gasteiger partial charge in [-0.3, -0.25) is 4.79 Å². The number of nitrogens with zero attached hydrogens (tertiary/aromatic N) is 1. The number of phenols is 1. The molecule has 8 heteroatoms. The van der Waals surface area contributed by atoms with Gasteiger partial charge in [-0.1, -0.05) is 30.3 Å². The molecular formula is C29H31N3O5. The zero-order valence-electron chi connectivity index (χ0n) is 21.2. The third-order valence-corrected chi connectivity index (χ3v) is 6.45. The van der Waals surface area contributed by atoms with Crippen LogP contribution < -0.4 is 10.1 Å². The number of dihydropyridines is 1. The van der Waals surface area contributed by atoms with Crippen molar-refractivity contribution in [3.05, 3.63) is 100 Å². The number of aromatic nitrogens is 2. The highest BCUT2D eigenvalue weighted by Gasteiger charge is 2.34. The Morgan fingerprint density at radius 1 is 1.14 bits per heavy atom. The first-order valence-corrected chi connectivity index (χ1v) is 12.1. The van der Waals surface area contributed by atoms with E-state index in [2.05, 4.69) is 15.3 Å². The molecule has 0 bridgehead atoms. The van der Waals surface area contributed by atoms with Crippen LogP contribution in [0.15, 0.2) is 83.5 Å². The lowest BCUT2D eigenvalue weighted by atomic mass is 9.78. The van der Waals surface area contributed by atoms with E-state index in [9.17, 15) is 9.59 Å². The third kappa shape index (κ3) is 6.27. The predicted octanol–water partition coefficient (Wildman–Crippen LogP) is 4.83. The van der Waals surface area contributed by atoms with Crippen LogP contribution >= 0.6 is 0 Å². The zero-order chi connectivity index (χ0) is 26.4. The van der Waals surface area contributed by atoms with Crippen molar-refractivity contribution in [1.29, 1.82) is 0 Å². The number of nitrogens with one attached hydrogen (secondary N) is 2. The van der Waals surface area contributed by atoms with Gasteiger partial charge in [0.1, 0.15) is 23.9 Å². The van der Waals surface area contributed by atoms with Crippen molar-refractivity contribution in [2.24, 2.45) is 0 Å². The number of H-pyrrole nitrogens is 1. The number of allylic oxidation sites excluding steroid dienone is 3. The van der Waals surface area contributed by atoms with Gasteiger partial charge in [0, 0.05) is 48.1 Å². The number of ketones is 1. The lowest BCUT2D eigenvalue weighted by Crippen LogP contribution is -2.31. The van der Waals surface area contributed by atoms with Crippen LogP contribution in [0.25, 0.3) is 0 Å². The molecule has 0 radical (unpaired) electrons. The Morgan fingerprint density at radius 2 is 1.95 bits per heavy atom. The van der Waals surface area contributed by atoms with Gasteiger partial charge in [0.2, 0.25) is 0 Å². The fraction of sp³-hybridized carbons (Fsp3) is 0.276. The van der Waals surface area contributed by atoms with Gasteiger partial charge in [-0.15, -0.1) is 0 Å². The average Bonchev–Trinajstić information content (AvgIpc) is 3.41. The van der Waals surface area contributed by atoms with Gasteiger partial charge in [-0.2, -0.15) is 0 Å². The summed E-state index contributed by atoms with van der Waals surface area (Å²) in [6.45, 7) is 3.85. The van der Waals surface area contributed by atoms with Gasteiger partial charge in [0.05, 0.1) is 12.7 Å². The molecule has 2 aliphatic rings. The lowest BCUT2D eigenvalue weighted by molar-refractivity contribution is -0.140. The van der Waals surface area contributed by atoms with Gasteiger partial charge in [-0.05, 0) is 49.6 Å². The molecule has 0 amide bonds. The van der Waals surface area contributed by atoms with Crippen LogP contribution in [0.4, 0.5) is 0 Å². The number of aryl methyl sites for hydroxylation is 1. The summed E-state index contributed by atoms with van der Waals surface area (Å²) in [4.78, 5) is 32.4. The number of esters is 1. The normalized spacial score (nSPS) is 16.8. The summed E-state index contributed by atoms with van der Waals surface area (Å²) in [6, 6.07) is 14.9. The first kappa shape index (κ1) is 25.8. The number of Topliss-reactive ketones (excluding diaryl/α,β-unsaturated/α-hetero) is 1. The summed E-state index contributed by atoms with van der Waals surface area (Å²) in [5.74, 6) is 1.37. The highest BCUT2D eigenvalue weighted by atomic mass is 16.5. The molecule has 3 aromatic rings. The monoisotopic (exact) mass is 501 g/mol. The summed E-state index contributed by atoms with van der Waals surface area (Å²) < 4.78 is 10.8. The fourth-order valence-electron chi connectivity index (χ4n) is 4.57. The highest BCUT2D eigenvalue weighted by molar-refractivity contribution is 6.01. The topological polar surface area (TPSA) is 114 Å². The number of rotatable bonds is 5. The Morgan fingerprint density at radius 3 is 2.62 bits per heavy atom. The van der Waals surface area contributed by atoms with Gasteiger partial charge in [-0.25, -0.2) is 9.78 Å². The first-order valence-electron chi connectivity index (χ1n) is 12.1. The Hall–Kier alpha value is -4.33. The minimum atomic E-state index is -0.433. The number of carbonyl (C=O) groups excluding carboxylic acids is 2. The lowest BCUT2D eigenvalue weighted by Gasteiger charge is -2.32. The van der Waals surface area contributed by atoms with Crippen LogP contribution in [0, 0.1) is 6.92 Å². The molecule has 8 nitrogen and oxygen atoms in total. The molecule has 0 spiro atoms. The number of carbonyl (C=O) groups is 2. The first-order chi connectivity index (χ1) is 17.9. The van der Waals surface area contributed by atoms with Crippen LogP contribution in [-0.4, -0.2) is 33.9 Å². The van der Waals surface area contributed by atoms with E-state index in [1.165, 1.54) is 0 Å². The number of imidazole rings is 1. The number of hydrogen-bond acceptors (Lipinski definition) is 7. The predicted molar refractivity (Wildman–Crippen MR) is 139 cm³/mol. The molecule has 2 aromatic carbocycles.